The minimum atomic E-state index is -0.610. The lowest BCUT2D eigenvalue weighted by Gasteiger charge is -2.25. The second kappa shape index (κ2) is 5.75. The van der Waals surface area contributed by atoms with Gasteiger partial charge in [-0.05, 0) is 6.54 Å². The molecule has 1 aromatic heterocycles. The highest BCUT2D eigenvalue weighted by Crippen LogP contribution is 2.21. The summed E-state index contributed by atoms with van der Waals surface area (Å²) in [5.74, 6) is 1.56. The number of aromatic nitrogens is 1. The molecular weight excluding hydrogens is 242 g/mol. The van der Waals surface area contributed by atoms with Crippen LogP contribution in [0.1, 0.15) is 12.6 Å². The van der Waals surface area contributed by atoms with Crippen LogP contribution in [-0.2, 0) is 17.3 Å². The topological polar surface area (TPSA) is 45.2 Å². The monoisotopic (exact) mass is 259 g/mol. The molecule has 2 rings (SSSR count). The molecule has 0 aliphatic carbocycles. The van der Waals surface area contributed by atoms with E-state index in [1.165, 1.54) is 0 Å². The van der Waals surface area contributed by atoms with Crippen LogP contribution in [0.15, 0.2) is 5.38 Å². The fraction of sp³-hybridized carbons (Fsp3) is 0.700. The van der Waals surface area contributed by atoms with E-state index >= 15 is 0 Å². The van der Waals surface area contributed by atoms with Crippen LogP contribution in [0.25, 0.3) is 0 Å². The standard InChI is InChI=1S/C10H17N3OS2/c1-2-11-7-9-8-15-10(12-9)13-3-5-16(14)6-4-13/h8,11H,2-7H2,1H3. The minimum absolute atomic E-state index is 0.610. The van der Waals surface area contributed by atoms with Gasteiger partial charge >= 0.3 is 0 Å². The molecule has 1 saturated heterocycles. The quantitative estimate of drug-likeness (QED) is 0.869. The van der Waals surface area contributed by atoms with Crippen LogP contribution in [0.5, 0.6) is 0 Å². The Morgan fingerprint density at radius 3 is 3.00 bits per heavy atom. The average molecular weight is 259 g/mol. The summed E-state index contributed by atoms with van der Waals surface area (Å²) < 4.78 is 11.2. The van der Waals surface area contributed by atoms with Gasteiger partial charge in [0.05, 0.1) is 5.69 Å². The summed E-state index contributed by atoms with van der Waals surface area (Å²) in [7, 11) is -0.610. The van der Waals surface area contributed by atoms with Gasteiger partial charge < -0.3 is 10.2 Å². The van der Waals surface area contributed by atoms with Gasteiger partial charge in [0.2, 0.25) is 0 Å². The molecule has 0 bridgehead atoms. The summed E-state index contributed by atoms with van der Waals surface area (Å²) in [5, 5.41) is 6.44. The van der Waals surface area contributed by atoms with E-state index in [0.29, 0.717) is 0 Å². The van der Waals surface area contributed by atoms with E-state index in [1.54, 1.807) is 11.3 Å². The number of thiazole rings is 1. The maximum Gasteiger partial charge on any atom is 0.185 e. The molecule has 0 atom stereocenters. The summed E-state index contributed by atoms with van der Waals surface area (Å²) in [4.78, 5) is 6.82. The maximum absolute atomic E-state index is 11.2. The summed E-state index contributed by atoms with van der Waals surface area (Å²) in [5.41, 5.74) is 1.11. The van der Waals surface area contributed by atoms with E-state index in [9.17, 15) is 4.21 Å². The Bertz CT molecular complexity index is 357. The molecule has 90 valence electrons. The Morgan fingerprint density at radius 1 is 1.56 bits per heavy atom. The van der Waals surface area contributed by atoms with E-state index < -0.39 is 10.8 Å². The van der Waals surface area contributed by atoms with Gasteiger partial charge in [0.15, 0.2) is 5.13 Å². The number of rotatable bonds is 4. The summed E-state index contributed by atoms with van der Waals surface area (Å²) in [6.07, 6.45) is 0. The van der Waals surface area contributed by atoms with E-state index in [4.69, 9.17) is 0 Å². The molecule has 1 aliphatic heterocycles. The van der Waals surface area contributed by atoms with Crippen LogP contribution < -0.4 is 10.2 Å². The van der Waals surface area contributed by atoms with Crippen molar-refractivity contribution in [1.82, 2.24) is 10.3 Å². The molecule has 16 heavy (non-hydrogen) atoms. The van der Waals surface area contributed by atoms with E-state index in [1.807, 2.05) is 0 Å². The van der Waals surface area contributed by atoms with Crippen LogP contribution in [0.3, 0.4) is 0 Å². The van der Waals surface area contributed by atoms with Gasteiger partial charge in [-0.25, -0.2) is 4.98 Å². The first-order chi connectivity index (χ1) is 7.79. The molecule has 0 saturated carbocycles. The summed E-state index contributed by atoms with van der Waals surface area (Å²) in [6, 6.07) is 0. The largest absolute Gasteiger partial charge is 0.346 e. The van der Waals surface area contributed by atoms with Gasteiger partial charge in [0.1, 0.15) is 0 Å². The average Bonchev–Trinajstić information content (AvgIpc) is 2.76. The van der Waals surface area contributed by atoms with E-state index in [0.717, 1.165) is 48.5 Å². The molecule has 4 nitrogen and oxygen atoms in total. The summed E-state index contributed by atoms with van der Waals surface area (Å²) >= 11 is 1.68. The van der Waals surface area contributed by atoms with Crippen LogP contribution in [-0.4, -0.2) is 40.3 Å². The predicted molar refractivity (Wildman–Crippen MR) is 69.6 cm³/mol. The number of anilines is 1. The van der Waals surface area contributed by atoms with Crippen molar-refractivity contribution in [3.05, 3.63) is 11.1 Å². The SMILES string of the molecule is CCNCc1csc(N2CCS(=O)CC2)n1. The zero-order valence-electron chi connectivity index (χ0n) is 9.44. The van der Waals surface area contributed by atoms with Crippen LogP contribution in [0, 0.1) is 0 Å². The third-order valence-electron chi connectivity index (χ3n) is 2.54. The number of hydrogen-bond acceptors (Lipinski definition) is 5. The molecule has 1 aliphatic rings. The third kappa shape index (κ3) is 3.02. The molecule has 2 heterocycles. The van der Waals surface area contributed by atoms with Gasteiger partial charge in [0.25, 0.3) is 0 Å². The Hall–Kier alpha value is -0.460. The van der Waals surface area contributed by atoms with Crippen LogP contribution in [0.4, 0.5) is 5.13 Å². The second-order valence-corrected chi connectivity index (χ2v) is 6.27. The molecule has 0 amide bonds. The second-order valence-electron chi connectivity index (χ2n) is 3.74. The molecule has 0 spiro atoms. The highest BCUT2D eigenvalue weighted by Gasteiger charge is 2.17. The van der Waals surface area contributed by atoms with Crippen LogP contribution >= 0.6 is 11.3 Å². The lowest BCUT2D eigenvalue weighted by Crippen LogP contribution is -2.37. The van der Waals surface area contributed by atoms with Gasteiger partial charge in [-0.2, -0.15) is 0 Å². The molecule has 0 radical (unpaired) electrons. The molecular formula is C10H17N3OS2. The van der Waals surface area contributed by atoms with E-state index in [-0.39, 0.29) is 0 Å². The highest BCUT2D eigenvalue weighted by atomic mass is 32.2. The highest BCUT2D eigenvalue weighted by molar-refractivity contribution is 7.85. The number of nitrogens with zero attached hydrogens (tertiary/aromatic N) is 2. The third-order valence-corrected chi connectivity index (χ3v) is 4.77. The fourth-order valence-corrected chi connectivity index (χ4v) is 3.54. The van der Waals surface area contributed by atoms with Gasteiger partial charge in [-0.1, -0.05) is 6.92 Å². The number of nitrogens with one attached hydrogen (secondary N) is 1. The Balaban J connectivity index is 1.93. The van der Waals surface area contributed by atoms with Crippen molar-refractivity contribution in [2.45, 2.75) is 13.5 Å². The van der Waals surface area contributed by atoms with Crippen LogP contribution in [0.2, 0.25) is 0 Å². The normalized spacial score (nSPS) is 17.9. The lowest BCUT2D eigenvalue weighted by molar-refractivity contribution is 0.672. The Labute approximate surface area is 103 Å². The van der Waals surface area contributed by atoms with Crippen molar-refractivity contribution in [3.8, 4) is 0 Å². The first-order valence-electron chi connectivity index (χ1n) is 5.54. The molecule has 1 fully saturated rings. The van der Waals surface area contributed by atoms with Crippen molar-refractivity contribution in [1.29, 1.82) is 0 Å². The van der Waals surface area contributed by atoms with Gasteiger partial charge in [0, 0.05) is 47.3 Å². The predicted octanol–water partition coefficient (Wildman–Crippen LogP) is 0.821. The maximum atomic E-state index is 11.2. The zero-order chi connectivity index (χ0) is 11.4. The molecule has 0 aromatic carbocycles. The Kier molecular flexibility index (Phi) is 4.31. The zero-order valence-corrected chi connectivity index (χ0v) is 11.1. The lowest BCUT2D eigenvalue weighted by atomic mass is 10.5. The van der Waals surface area contributed by atoms with Crippen molar-refractivity contribution in [2.24, 2.45) is 0 Å². The van der Waals surface area contributed by atoms with Gasteiger partial charge in [-0.15, -0.1) is 11.3 Å². The Morgan fingerprint density at radius 2 is 2.31 bits per heavy atom. The number of hydrogen-bond donors (Lipinski definition) is 1. The molecule has 1 N–H and O–H groups in total. The molecule has 6 heteroatoms. The molecule has 0 unspecified atom stereocenters. The van der Waals surface area contributed by atoms with Crippen molar-refractivity contribution in [2.75, 3.05) is 36.0 Å². The van der Waals surface area contributed by atoms with E-state index in [2.05, 4.69) is 27.5 Å². The summed E-state index contributed by atoms with van der Waals surface area (Å²) in [6.45, 7) is 5.65. The molecule has 1 aromatic rings. The first-order valence-corrected chi connectivity index (χ1v) is 7.91. The van der Waals surface area contributed by atoms with Crippen molar-refractivity contribution < 1.29 is 4.21 Å². The fourth-order valence-electron chi connectivity index (χ4n) is 1.60. The van der Waals surface area contributed by atoms with Crippen molar-refractivity contribution >= 4 is 27.3 Å². The van der Waals surface area contributed by atoms with Crippen molar-refractivity contribution in [3.63, 3.8) is 0 Å². The first kappa shape index (κ1) is 12.0. The smallest absolute Gasteiger partial charge is 0.185 e. The minimum Gasteiger partial charge on any atom is -0.346 e. The van der Waals surface area contributed by atoms with Gasteiger partial charge in [-0.3, -0.25) is 4.21 Å².